The Bertz CT molecular complexity index is 175. The minimum atomic E-state index is 0.768. The lowest BCUT2D eigenvalue weighted by Crippen LogP contribution is -1.78. The summed E-state index contributed by atoms with van der Waals surface area (Å²) in [6, 6.07) is 0. The molecule has 0 saturated heterocycles. The topological polar surface area (TPSA) is 0 Å². The van der Waals surface area contributed by atoms with Crippen LogP contribution in [-0.2, 0) is 0 Å². The van der Waals surface area contributed by atoms with Gasteiger partial charge in [0.05, 0.1) is 0 Å². The summed E-state index contributed by atoms with van der Waals surface area (Å²) in [6.45, 7) is 7.94. The minimum Gasteiger partial charge on any atom is -0.0943 e. The summed E-state index contributed by atoms with van der Waals surface area (Å²) in [6.07, 6.45) is 7.82. The van der Waals surface area contributed by atoms with E-state index >= 15 is 0 Å². The predicted octanol–water partition coefficient (Wildman–Crippen LogP) is 4.04. The van der Waals surface area contributed by atoms with E-state index in [4.69, 9.17) is 11.6 Å². The Morgan fingerprint density at radius 2 is 2.18 bits per heavy atom. The average molecular weight is 171 g/mol. The van der Waals surface area contributed by atoms with Crippen LogP contribution in [0, 0.1) is 0 Å². The molecule has 0 fully saturated rings. The third-order valence-electron chi connectivity index (χ3n) is 1.32. The number of halogens is 1. The van der Waals surface area contributed by atoms with Gasteiger partial charge >= 0.3 is 0 Å². The van der Waals surface area contributed by atoms with Crippen LogP contribution < -0.4 is 0 Å². The highest BCUT2D eigenvalue weighted by molar-refractivity contribution is 6.32. The SMILES string of the molecule is C=C(CCC)/C(Cl)=C\C=C/C. The van der Waals surface area contributed by atoms with E-state index in [2.05, 4.69) is 13.5 Å². The van der Waals surface area contributed by atoms with E-state index in [1.807, 2.05) is 25.2 Å². The molecule has 0 rings (SSSR count). The van der Waals surface area contributed by atoms with Crippen LogP contribution in [0.2, 0.25) is 0 Å². The maximum atomic E-state index is 5.90. The van der Waals surface area contributed by atoms with Crippen molar-refractivity contribution in [3.63, 3.8) is 0 Å². The highest BCUT2D eigenvalue weighted by Gasteiger charge is 1.94. The summed E-state index contributed by atoms with van der Waals surface area (Å²) in [4.78, 5) is 0. The second kappa shape index (κ2) is 6.23. The van der Waals surface area contributed by atoms with Crippen molar-refractivity contribution < 1.29 is 0 Å². The van der Waals surface area contributed by atoms with Gasteiger partial charge in [0, 0.05) is 5.03 Å². The number of rotatable bonds is 4. The molecular formula is C10H15Cl. The van der Waals surface area contributed by atoms with Crippen LogP contribution in [0.1, 0.15) is 26.7 Å². The van der Waals surface area contributed by atoms with Crippen LogP contribution in [0.4, 0.5) is 0 Å². The molecule has 0 atom stereocenters. The number of allylic oxidation sites excluding steroid dienone is 5. The first-order chi connectivity index (χ1) is 5.22. The van der Waals surface area contributed by atoms with Crippen molar-refractivity contribution in [2.24, 2.45) is 0 Å². The van der Waals surface area contributed by atoms with Crippen molar-refractivity contribution in [1.29, 1.82) is 0 Å². The molecule has 0 nitrogen and oxygen atoms in total. The Morgan fingerprint density at radius 1 is 1.55 bits per heavy atom. The molecule has 0 aromatic carbocycles. The molecule has 0 saturated carbocycles. The molecule has 0 unspecified atom stereocenters. The number of hydrogen-bond donors (Lipinski definition) is 0. The van der Waals surface area contributed by atoms with Crippen molar-refractivity contribution in [2.45, 2.75) is 26.7 Å². The monoisotopic (exact) mass is 170 g/mol. The molecular weight excluding hydrogens is 156 g/mol. The van der Waals surface area contributed by atoms with Gasteiger partial charge in [0.2, 0.25) is 0 Å². The van der Waals surface area contributed by atoms with Crippen molar-refractivity contribution in [3.05, 3.63) is 35.4 Å². The first-order valence-corrected chi connectivity index (χ1v) is 4.26. The van der Waals surface area contributed by atoms with Gasteiger partial charge in [-0.05, 0) is 25.0 Å². The second-order valence-corrected chi connectivity index (χ2v) is 2.80. The van der Waals surface area contributed by atoms with Gasteiger partial charge in [-0.3, -0.25) is 0 Å². The molecule has 0 spiro atoms. The summed E-state index contributed by atoms with van der Waals surface area (Å²) < 4.78 is 0. The average Bonchev–Trinajstić information content (AvgIpc) is 2.00. The van der Waals surface area contributed by atoms with Crippen LogP contribution in [0.3, 0.4) is 0 Å². The van der Waals surface area contributed by atoms with Crippen LogP contribution in [0.5, 0.6) is 0 Å². The van der Waals surface area contributed by atoms with E-state index in [1.54, 1.807) is 0 Å². The molecule has 0 N–H and O–H groups in total. The zero-order valence-electron chi connectivity index (χ0n) is 7.23. The Kier molecular flexibility index (Phi) is 5.96. The lowest BCUT2D eigenvalue weighted by Gasteiger charge is -1.99. The van der Waals surface area contributed by atoms with E-state index in [0.29, 0.717) is 0 Å². The molecule has 0 aromatic heterocycles. The van der Waals surface area contributed by atoms with Gasteiger partial charge in [0.15, 0.2) is 0 Å². The lowest BCUT2D eigenvalue weighted by atomic mass is 10.1. The minimum absolute atomic E-state index is 0.768. The summed E-state index contributed by atoms with van der Waals surface area (Å²) in [5.74, 6) is 0. The van der Waals surface area contributed by atoms with Gasteiger partial charge < -0.3 is 0 Å². The highest BCUT2D eigenvalue weighted by Crippen LogP contribution is 2.17. The standard InChI is InChI=1S/C10H15Cl/c1-4-6-8-10(11)9(3)7-5-2/h4,6,8H,3,5,7H2,1-2H3/b6-4-,10-8+. The lowest BCUT2D eigenvalue weighted by molar-refractivity contribution is 0.926. The van der Waals surface area contributed by atoms with E-state index < -0.39 is 0 Å². The van der Waals surface area contributed by atoms with E-state index in [1.165, 1.54) is 0 Å². The molecule has 62 valence electrons. The third-order valence-corrected chi connectivity index (χ3v) is 1.72. The zero-order chi connectivity index (χ0) is 8.69. The van der Waals surface area contributed by atoms with Gasteiger partial charge in [-0.25, -0.2) is 0 Å². The molecule has 0 bridgehead atoms. The van der Waals surface area contributed by atoms with Gasteiger partial charge in [-0.2, -0.15) is 0 Å². The van der Waals surface area contributed by atoms with Crippen LogP contribution >= 0.6 is 11.6 Å². The predicted molar refractivity (Wildman–Crippen MR) is 52.8 cm³/mol. The molecule has 11 heavy (non-hydrogen) atoms. The highest BCUT2D eigenvalue weighted by atomic mass is 35.5. The van der Waals surface area contributed by atoms with E-state index in [9.17, 15) is 0 Å². The zero-order valence-corrected chi connectivity index (χ0v) is 7.99. The summed E-state index contributed by atoms with van der Waals surface area (Å²) in [7, 11) is 0. The summed E-state index contributed by atoms with van der Waals surface area (Å²) >= 11 is 5.90. The smallest absolute Gasteiger partial charge is 0.0431 e. The maximum Gasteiger partial charge on any atom is 0.0431 e. The molecule has 0 amide bonds. The van der Waals surface area contributed by atoms with Gasteiger partial charge in [-0.1, -0.05) is 43.7 Å². The normalized spacial score (nSPS) is 12.5. The van der Waals surface area contributed by atoms with Crippen molar-refractivity contribution >= 4 is 11.6 Å². The first-order valence-electron chi connectivity index (χ1n) is 3.89. The third kappa shape index (κ3) is 4.86. The van der Waals surface area contributed by atoms with Crippen LogP contribution in [0.25, 0.3) is 0 Å². The molecule has 0 aromatic rings. The van der Waals surface area contributed by atoms with Gasteiger partial charge in [0.1, 0.15) is 0 Å². The van der Waals surface area contributed by atoms with E-state index in [0.717, 1.165) is 23.4 Å². The van der Waals surface area contributed by atoms with Crippen molar-refractivity contribution in [1.82, 2.24) is 0 Å². The Morgan fingerprint density at radius 3 is 2.64 bits per heavy atom. The Hall–Kier alpha value is -0.490. The fourth-order valence-electron chi connectivity index (χ4n) is 0.720. The molecule has 0 heterocycles. The fraction of sp³-hybridized carbons (Fsp3) is 0.400. The van der Waals surface area contributed by atoms with Crippen LogP contribution in [-0.4, -0.2) is 0 Å². The van der Waals surface area contributed by atoms with Crippen LogP contribution in [0.15, 0.2) is 35.4 Å². The quantitative estimate of drug-likeness (QED) is 0.559. The molecule has 0 aliphatic rings. The van der Waals surface area contributed by atoms with Crippen molar-refractivity contribution in [2.75, 3.05) is 0 Å². The van der Waals surface area contributed by atoms with Gasteiger partial charge in [-0.15, -0.1) is 0 Å². The maximum absolute atomic E-state index is 5.90. The van der Waals surface area contributed by atoms with Crippen molar-refractivity contribution in [3.8, 4) is 0 Å². The van der Waals surface area contributed by atoms with Gasteiger partial charge in [0.25, 0.3) is 0 Å². The summed E-state index contributed by atoms with van der Waals surface area (Å²) in [5.41, 5.74) is 1.02. The fourth-order valence-corrected chi connectivity index (χ4v) is 0.887. The first kappa shape index (κ1) is 10.5. The molecule has 1 heteroatoms. The molecule has 0 radical (unpaired) electrons. The largest absolute Gasteiger partial charge is 0.0943 e. The number of hydrogen-bond acceptors (Lipinski definition) is 0. The molecule has 0 aliphatic heterocycles. The molecule has 0 aliphatic carbocycles. The Labute approximate surface area is 74.3 Å². The second-order valence-electron chi connectivity index (χ2n) is 2.39. The Balaban J connectivity index is 4.00. The van der Waals surface area contributed by atoms with E-state index in [-0.39, 0.29) is 0 Å². The summed E-state index contributed by atoms with van der Waals surface area (Å²) in [5, 5.41) is 0.768.